The molecule has 1 saturated heterocycles. The molecule has 0 bridgehead atoms. The second-order valence-electron chi connectivity index (χ2n) is 6.29. The zero-order valence-electron chi connectivity index (χ0n) is 12.9. The Labute approximate surface area is 127 Å². The zero-order chi connectivity index (χ0) is 14.7. The lowest BCUT2D eigenvalue weighted by Gasteiger charge is -2.28. The monoisotopic (exact) mass is 283 g/mol. The van der Waals surface area contributed by atoms with Gasteiger partial charge >= 0.3 is 0 Å². The van der Waals surface area contributed by atoms with Gasteiger partial charge in [-0.2, -0.15) is 0 Å². The summed E-state index contributed by atoms with van der Waals surface area (Å²) >= 11 is 0. The number of hydrogen-bond acceptors (Lipinski definition) is 2. The van der Waals surface area contributed by atoms with Crippen molar-refractivity contribution in [1.82, 2.24) is 4.90 Å². The molecule has 1 unspecified atom stereocenters. The number of benzene rings is 2. The van der Waals surface area contributed by atoms with Crippen LogP contribution in [0, 0.1) is 0 Å². The Bertz CT molecular complexity index is 609. The highest BCUT2D eigenvalue weighted by Gasteiger charge is 2.31. The van der Waals surface area contributed by atoms with Gasteiger partial charge in [0.2, 0.25) is 0 Å². The molecule has 1 heterocycles. The van der Waals surface area contributed by atoms with Crippen LogP contribution in [0.15, 0.2) is 42.5 Å². The number of hydrogen-bond donors (Lipinski definition) is 1. The molecule has 0 aromatic heterocycles. The summed E-state index contributed by atoms with van der Waals surface area (Å²) in [5.74, 6) is 0. The third-order valence-electron chi connectivity index (χ3n) is 4.73. The van der Waals surface area contributed by atoms with Crippen LogP contribution >= 0.6 is 0 Å². The fraction of sp³-hybridized carbons (Fsp3) is 0.474. The molecule has 1 atom stereocenters. The minimum Gasteiger partial charge on any atom is -0.385 e. The van der Waals surface area contributed by atoms with Gasteiger partial charge in [0.05, 0.1) is 5.60 Å². The number of rotatable bonds is 3. The first-order valence-corrected chi connectivity index (χ1v) is 8.15. The molecular weight excluding hydrogens is 258 g/mol. The first-order chi connectivity index (χ1) is 10.2. The van der Waals surface area contributed by atoms with Crippen molar-refractivity contribution in [3.8, 4) is 0 Å². The van der Waals surface area contributed by atoms with Crippen LogP contribution in [0.1, 0.15) is 38.2 Å². The normalized spacial score (nSPS) is 24.1. The summed E-state index contributed by atoms with van der Waals surface area (Å²) < 4.78 is 0. The van der Waals surface area contributed by atoms with Gasteiger partial charge in [0.1, 0.15) is 0 Å². The van der Waals surface area contributed by atoms with Gasteiger partial charge in [-0.15, -0.1) is 0 Å². The van der Waals surface area contributed by atoms with E-state index in [1.54, 1.807) is 0 Å². The number of fused-ring (bicyclic) bond motifs is 1. The highest BCUT2D eigenvalue weighted by atomic mass is 16.3. The van der Waals surface area contributed by atoms with E-state index >= 15 is 0 Å². The molecule has 0 spiro atoms. The predicted molar refractivity (Wildman–Crippen MR) is 88.4 cm³/mol. The van der Waals surface area contributed by atoms with Crippen LogP contribution in [0.4, 0.5) is 0 Å². The predicted octanol–water partition coefficient (Wildman–Crippen LogP) is 3.92. The second kappa shape index (κ2) is 6.17. The molecule has 0 aliphatic carbocycles. The molecule has 2 heteroatoms. The van der Waals surface area contributed by atoms with E-state index in [2.05, 4.69) is 54.3 Å². The van der Waals surface area contributed by atoms with Crippen molar-refractivity contribution in [2.45, 2.75) is 38.2 Å². The third-order valence-corrected chi connectivity index (χ3v) is 4.73. The summed E-state index contributed by atoms with van der Waals surface area (Å²) in [6.07, 6.45) is 3.97. The Morgan fingerprint density at radius 3 is 2.67 bits per heavy atom. The maximum absolute atomic E-state index is 11.1. The van der Waals surface area contributed by atoms with Gasteiger partial charge in [-0.3, -0.25) is 0 Å². The van der Waals surface area contributed by atoms with Crippen molar-refractivity contribution in [1.29, 1.82) is 0 Å². The van der Waals surface area contributed by atoms with Crippen LogP contribution in [-0.4, -0.2) is 29.6 Å². The minimum absolute atomic E-state index is 0.660. The third kappa shape index (κ3) is 3.12. The SMILES string of the molecule is CCCN1CCCC(O)(c2ccc3ccccc3c2)CC1. The molecule has 1 aliphatic rings. The van der Waals surface area contributed by atoms with Crippen LogP contribution in [0.5, 0.6) is 0 Å². The number of nitrogens with zero attached hydrogens (tertiary/aromatic N) is 1. The molecule has 0 radical (unpaired) electrons. The number of aliphatic hydroxyl groups is 1. The molecule has 112 valence electrons. The maximum Gasteiger partial charge on any atom is 0.0909 e. The topological polar surface area (TPSA) is 23.5 Å². The molecule has 1 N–H and O–H groups in total. The zero-order valence-corrected chi connectivity index (χ0v) is 12.9. The van der Waals surface area contributed by atoms with E-state index in [4.69, 9.17) is 0 Å². The van der Waals surface area contributed by atoms with Gasteiger partial charge in [0.25, 0.3) is 0 Å². The average molecular weight is 283 g/mol. The molecule has 1 aliphatic heterocycles. The highest BCUT2D eigenvalue weighted by Crippen LogP contribution is 2.34. The van der Waals surface area contributed by atoms with E-state index in [0.717, 1.165) is 44.5 Å². The van der Waals surface area contributed by atoms with Gasteiger partial charge in [0.15, 0.2) is 0 Å². The van der Waals surface area contributed by atoms with Crippen molar-refractivity contribution >= 4 is 10.8 Å². The Morgan fingerprint density at radius 1 is 1.05 bits per heavy atom. The summed E-state index contributed by atoms with van der Waals surface area (Å²) in [5.41, 5.74) is 0.423. The molecule has 21 heavy (non-hydrogen) atoms. The fourth-order valence-electron chi connectivity index (χ4n) is 3.48. The summed E-state index contributed by atoms with van der Waals surface area (Å²) in [7, 11) is 0. The van der Waals surface area contributed by atoms with Crippen LogP contribution in [0.2, 0.25) is 0 Å². The van der Waals surface area contributed by atoms with Gasteiger partial charge in [-0.1, -0.05) is 43.3 Å². The molecule has 3 rings (SSSR count). The second-order valence-corrected chi connectivity index (χ2v) is 6.29. The van der Waals surface area contributed by atoms with Crippen LogP contribution in [0.25, 0.3) is 10.8 Å². The molecule has 2 nitrogen and oxygen atoms in total. The van der Waals surface area contributed by atoms with E-state index in [1.165, 1.54) is 17.2 Å². The smallest absolute Gasteiger partial charge is 0.0909 e. The van der Waals surface area contributed by atoms with E-state index in [0.29, 0.717) is 0 Å². The minimum atomic E-state index is -0.660. The molecule has 1 fully saturated rings. The van der Waals surface area contributed by atoms with Crippen LogP contribution < -0.4 is 0 Å². The lowest BCUT2D eigenvalue weighted by atomic mass is 9.86. The largest absolute Gasteiger partial charge is 0.385 e. The summed E-state index contributed by atoms with van der Waals surface area (Å²) in [5, 5.41) is 13.6. The van der Waals surface area contributed by atoms with E-state index in [1.807, 2.05) is 0 Å². The molecular formula is C19H25NO. The van der Waals surface area contributed by atoms with E-state index < -0.39 is 5.60 Å². The lowest BCUT2D eigenvalue weighted by molar-refractivity contribution is 0.0213. The fourth-order valence-corrected chi connectivity index (χ4v) is 3.48. The van der Waals surface area contributed by atoms with Gasteiger partial charge in [-0.05, 0) is 61.2 Å². The molecule has 0 amide bonds. The molecule has 2 aromatic rings. The van der Waals surface area contributed by atoms with Gasteiger partial charge in [0, 0.05) is 6.54 Å². The standard InChI is InChI=1S/C19H25NO/c1-2-12-20-13-5-10-19(21,11-14-20)18-9-8-16-6-3-4-7-17(16)15-18/h3-4,6-9,15,21H,2,5,10-14H2,1H3. The first kappa shape index (κ1) is 14.6. The Hall–Kier alpha value is -1.38. The van der Waals surface area contributed by atoms with Gasteiger partial charge in [-0.25, -0.2) is 0 Å². The summed E-state index contributed by atoms with van der Waals surface area (Å²) in [6, 6.07) is 14.8. The van der Waals surface area contributed by atoms with Crippen molar-refractivity contribution in [3.63, 3.8) is 0 Å². The maximum atomic E-state index is 11.1. The van der Waals surface area contributed by atoms with Crippen molar-refractivity contribution in [2.75, 3.05) is 19.6 Å². The highest BCUT2D eigenvalue weighted by molar-refractivity contribution is 5.83. The van der Waals surface area contributed by atoms with E-state index in [-0.39, 0.29) is 0 Å². The lowest BCUT2D eigenvalue weighted by Crippen LogP contribution is -2.29. The van der Waals surface area contributed by atoms with Gasteiger partial charge < -0.3 is 10.0 Å². The van der Waals surface area contributed by atoms with E-state index in [9.17, 15) is 5.11 Å². The first-order valence-electron chi connectivity index (χ1n) is 8.15. The Kier molecular flexibility index (Phi) is 4.27. The Balaban J connectivity index is 1.85. The van der Waals surface area contributed by atoms with Crippen LogP contribution in [-0.2, 0) is 5.60 Å². The quantitative estimate of drug-likeness (QED) is 0.922. The van der Waals surface area contributed by atoms with Crippen molar-refractivity contribution < 1.29 is 5.11 Å². The average Bonchev–Trinajstić information content (AvgIpc) is 2.70. The summed E-state index contributed by atoms with van der Waals surface area (Å²) in [4.78, 5) is 2.49. The van der Waals surface area contributed by atoms with Crippen molar-refractivity contribution in [3.05, 3.63) is 48.0 Å². The van der Waals surface area contributed by atoms with Crippen LogP contribution in [0.3, 0.4) is 0 Å². The summed E-state index contributed by atoms with van der Waals surface area (Å²) in [6.45, 7) is 5.48. The number of likely N-dealkylation sites (tertiary alicyclic amines) is 1. The Morgan fingerprint density at radius 2 is 1.86 bits per heavy atom. The molecule has 2 aromatic carbocycles. The molecule has 0 saturated carbocycles. The van der Waals surface area contributed by atoms with Crippen molar-refractivity contribution in [2.24, 2.45) is 0 Å².